The van der Waals surface area contributed by atoms with Crippen molar-refractivity contribution >= 4 is 11.0 Å². The molecule has 6 nitrogen and oxygen atoms in total. The van der Waals surface area contributed by atoms with E-state index in [2.05, 4.69) is 13.0 Å². The summed E-state index contributed by atoms with van der Waals surface area (Å²) in [5.41, 5.74) is 4.10. The molecule has 6 heteroatoms. The maximum absolute atomic E-state index is 10.7. The molecule has 1 N–H and O–H groups in total. The third kappa shape index (κ3) is 5.03. The molecule has 1 heterocycles. The minimum Gasteiger partial charge on any atom is -0.497 e. The van der Waals surface area contributed by atoms with Crippen molar-refractivity contribution in [3.05, 3.63) is 83.7 Å². The summed E-state index contributed by atoms with van der Waals surface area (Å²) in [5, 5.41) is 10.7. The Hall–Kier alpha value is -3.51. The van der Waals surface area contributed by atoms with Crippen LogP contribution in [0.25, 0.3) is 11.0 Å². The third-order valence-electron chi connectivity index (χ3n) is 5.32. The molecule has 1 atom stereocenters. The fourth-order valence-electron chi connectivity index (χ4n) is 3.67. The molecular formula is C26H28N2O4. The molecule has 0 spiro atoms. The molecule has 1 aromatic heterocycles. The number of aliphatic hydroxyl groups excluding tert-OH is 1. The van der Waals surface area contributed by atoms with Crippen molar-refractivity contribution in [2.45, 2.75) is 33.1 Å². The Morgan fingerprint density at radius 2 is 1.69 bits per heavy atom. The van der Waals surface area contributed by atoms with E-state index in [9.17, 15) is 5.11 Å². The van der Waals surface area contributed by atoms with Gasteiger partial charge >= 0.3 is 0 Å². The van der Waals surface area contributed by atoms with Gasteiger partial charge in [-0.2, -0.15) is 0 Å². The average molecular weight is 433 g/mol. The van der Waals surface area contributed by atoms with Crippen LogP contribution in [-0.2, 0) is 13.2 Å². The first-order valence-corrected chi connectivity index (χ1v) is 10.6. The van der Waals surface area contributed by atoms with E-state index < -0.39 is 6.10 Å². The Labute approximate surface area is 188 Å². The number of hydrogen-bond acceptors (Lipinski definition) is 5. The molecule has 32 heavy (non-hydrogen) atoms. The molecule has 0 bridgehead atoms. The molecule has 0 amide bonds. The van der Waals surface area contributed by atoms with E-state index in [-0.39, 0.29) is 6.61 Å². The standard InChI is InChI=1S/C26H28N2O4/c1-18-8-13-25(19(2)14-18)32-17-26-27-23-6-4-5-7-24(23)28(26)15-20(29)16-31-22-11-9-21(30-3)10-12-22/h4-14,20,29H,15-17H2,1-3H3. The maximum atomic E-state index is 10.7. The van der Waals surface area contributed by atoms with Crippen LogP contribution in [0.4, 0.5) is 0 Å². The van der Waals surface area contributed by atoms with E-state index in [1.807, 2.05) is 72.2 Å². The molecule has 3 aromatic carbocycles. The van der Waals surface area contributed by atoms with Gasteiger partial charge in [0.2, 0.25) is 0 Å². The number of imidazole rings is 1. The highest BCUT2D eigenvalue weighted by molar-refractivity contribution is 5.75. The topological polar surface area (TPSA) is 65.7 Å². The van der Waals surface area contributed by atoms with Gasteiger partial charge < -0.3 is 23.9 Å². The first-order chi connectivity index (χ1) is 15.5. The molecule has 0 aliphatic carbocycles. The highest BCUT2D eigenvalue weighted by atomic mass is 16.5. The number of aliphatic hydroxyl groups is 1. The normalized spacial score (nSPS) is 12.0. The lowest BCUT2D eigenvalue weighted by Gasteiger charge is -2.16. The van der Waals surface area contributed by atoms with E-state index >= 15 is 0 Å². The number of ether oxygens (including phenoxy) is 3. The van der Waals surface area contributed by atoms with E-state index in [1.165, 1.54) is 5.56 Å². The lowest BCUT2D eigenvalue weighted by atomic mass is 10.1. The predicted octanol–water partition coefficient (Wildman–Crippen LogP) is 4.68. The van der Waals surface area contributed by atoms with Crippen LogP contribution in [0.1, 0.15) is 17.0 Å². The van der Waals surface area contributed by atoms with Crippen molar-refractivity contribution in [2.75, 3.05) is 13.7 Å². The second kappa shape index (κ2) is 9.75. The van der Waals surface area contributed by atoms with Gasteiger partial charge in [-0.05, 0) is 61.9 Å². The average Bonchev–Trinajstić information content (AvgIpc) is 3.14. The Bertz CT molecular complexity index is 1180. The Balaban J connectivity index is 1.47. The smallest absolute Gasteiger partial charge is 0.148 e. The summed E-state index contributed by atoms with van der Waals surface area (Å²) in [6, 6.07) is 21.3. The molecule has 166 valence electrons. The van der Waals surface area contributed by atoms with E-state index in [0.29, 0.717) is 18.9 Å². The molecule has 0 fully saturated rings. The van der Waals surface area contributed by atoms with Crippen LogP contribution >= 0.6 is 0 Å². The molecule has 0 aliphatic rings. The van der Waals surface area contributed by atoms with Gasteiger partial charge in [0.1, 0.15) is 42.4 Å². The highest BCUT2D eigenvalue weighted by Crippen LogP contribution is 2.23. The number of nitrogens with zero attached hydrogens (tertiary/aromatic N) is 2. The molecule has 0 aliphatic heterocycles. The van der Waals surface area contributed by atoms with Crippen molar-refractivity contribution in [2.24, 2.45) is 0 Å². The van der Waals surface area contributed by atoms with Crippen molar-refractivity contribution in [1.29, 1.82) is 0 Å². The number of para-hydroxylation sites is 2. The fraction of sp³-hybridized carbons (Fsp3) is 0.269. The predicted molar refractivity (Wildman–Crippen MR) is 124 cm³/mol. The number of aromatic nitrogens is 2. The zero-order valence-corrected chi connectivity index (χ0v) is 18.6. The van der Waals surface area contributed by atoms with Gasteiger partial charge in [-0.3, -0.25) is 0 Å². The van der Waals surface area contributed by atoms with E-state index in [1.54, 1.807) is 7.11 Å². The number of rotatable bonds is 9. The van der Waals surface area contributed by atoms with E-state index in [4.69, 9.17) is 19.2 Å². The lowest BCUT2D eigenvalue weighted by molar-refractivity contribution is 0.0917. The fourth-order valence-corrected chi connectivity index (χ4v) is 3.67. The van der Waals surface area contributed by atoms with Crippen molar-refractivity contribution < 1.29 is 19.3 Å². The summed E-state index contributed by atoms with van der Waals surface area (Å²) in [6.07, 6.45) is -0.713. The number of benzene rings is 3. The highest BCUT2D eigenvalue weighted by Gasteiger charge is 2.16. The van der Waals surface area contributed by atoms with Crippen LogP contribution in [0.3, 0.4) is 0 Å². The Morgan fingerprint density at radius 1 is 0.938 bits per heavy atom. The van der Waals surface area contributed by atoms with Crippen LogP contribution in [0.5, 0.6) is 17.2 Å². The summed E-state index contributed by atoms with van der Waals surface area (Å²) >= 11 is 0. The molecule has 4 aromatic rings. The van der Waals surface area contributed by atoms with Gasteiger partial charge in [0.25, 0.3) is 0 Å². The largest absolute Gasteiger partial charge is 0.497 e. The Kier molecular flexibility index (Phi) is 6.61. The molecule has 1 unspecified atom stereocenters. The van der Waals surface area contributed by atoms with Gasteiger partial charge in [-0.15, -0.1) is 0 Å². The number of methoxy groups -OCH3 is 1. The summed E-state index contributed by atoms with van der Waals surface area (Å²) in [5.74, 6) is 3.03. The monoisotopic (exact) mass is 432 g/mol. The summed E-state index contributed by atoms with van der Waals surface area (Å²) in [6.45, 7) is 4.92. The van der Waals surface area contributed by atoms with Crippen molar-refractivity contribution in [1.82, 2.24) is 9.55 Å². The summed E-state index contributed by atoms with van der Waals surface area (Å²) in [7, 11) is 1.62. The summed E-state index contributed by atoms with van der Waals surface area (Å²) in [4.78, 5) is 4.74. The first kappa shape index (κ1) is 21.7. The SMILES string of the molecule is COc1ccc(OCC(O)Cn2c(COc3ccc(C)cc3C)nc3ccccc32)cc1. The van der Waals surface area contributed by atoms with Gasteiger partial charge in [0, 0.05) is 0 Å². The molecule has 4 rings (SSSR count). The zero-order chi connectivity index (χ0) is 22.5. The second-order valence-corrected chi connectivity index (χ2v) is 7.83. The van der Waals surface area contributed by atoms with Crippen molar-refractivity contribution in [3.63, 3.8) is 0 Å². The van der Waals surface area contributed by atoms with Crippen LogP contribution in [0.2, 0.25) is 0 Å². The van der Waals surface area contributed by atoms with E-state index in [0.717, 1.165) is 33.9 Å². The molecule has 0 saturated carbocycles. The van der Waals surface area contributed by atoms with Crippen LogP contribution < -0.4 is 14.2 Å². The molecule has 0 radical (unpaired) electrons. The van der Waals surface area contributed by atoms with Crippen LogP contribution in [0.15, 0.2) is 66.7 Å². The number of hydrogen-bond donors (Lipinski definition) is 1. The number of aryl methyl sites for hydroxylation is 2. The minimum absolute atomic E-state index is 0.163. The zero-order valence-electron chi connectivity index (χ0n) is 18.6. The quantitative estimate of drug-likeness (QED) is 0.416. The maximum Gasteiger partial charge on any atom is 0.148 e. The van der Waals surface area contributed by atoms with Gasteiger partial charge in [0.05, 0.1) is 24.7 Å². The van der Waals surface area contributed by atoms with Crippen LogP contribution in [-0.4, -0.2) is 34.5 Å². The Morgan fingerprint density at radius 3 is 2.44 bits per heavy atom. The van der Waals surface area contributed by atoms with Gasteiger partial charge in [-0.25, -0.2) is 4.98 Å². The summed E-state index contributed by atoms with van der Waals surface area (Å²) < 4.78 is 19.0. The third-order valence-corrected chi connectivity index (χ3v) is 5.32. The first-order valence-electron chi connectivity index (χ1n) is 10.6. The second-order valence-electron chi connectivity index (χ2n) is 7.83. The minimum atomic E-state index is -0.713. The van der Waals surface area contributed by atoms with Crippen LogP contribution in [0, 0.1) is 13.8 Å². The molecular weight excluding hydrogens is 404 g/mol. The lowest BCUT2D eigenvalue weighted by Crippen LogP contribution is -2.25. The molecule has 0 saturated heterocycles. The number of fused-ring (bicyclic) bond motifs is 1. The van der Waals surface area contributed by atoms with Gasteiger partial charge in [0.15, 0.2) is 0 Å². The van der Waals surface area contributed by atoms with Gasteiger partial charge in [-0.1, -0.05) is 29.8 Å². The van der Waals surface area contributed by atoms with Crippen molar-refractivity contribution in [3.8, 4) is 17.2 Å².